The van der Waals surface area contributed by atoms with Gasteiger partial charge in [0.1, 0.15) is 12.1 Å². The number of unbranched alkanes of at least 4 members (excludes halogenated alkanes) is 28. The second kappa shape index (κ2) is 50.6. The lowest BCUT2D eigenvalue weighted by molar-refractivity contribution is -0.142. The summed E-state index contributed by atoms with van der Waals surface area (Å²) in [7, 11) is 0. The fraction of sp³-hybridized carbons (Fsp3) is 0.937. The molecule has 0 fully saturated rings. The molecule has 0 aromatic carbocycles. The minimum atomic E-state index is -0.461. The monoisotopic (exact) mass is 1030 g/mol. The lowest BCUT2D eigenvalue weighted by Crippen LogP contribution is -2.53. The van der Waals surface area contributed by atoms with E-state index in [4.69, 9.17) is 0 Å². The molecule has 0 saturated carbocycles. The van der Waals surface area contributed by atoms with Gasteiger partial charge in [0, 0.05) is 39.0 Å². The third-order valence-electron chi connectivity index (χ3n) is 15.6. The summed E-state index contributed by atoms with van der Waals surface area (Å²) in [6, 6.07) is -0.922. The topological polar surface area (TPSA) is 105 Å². The summed E-state index contributed by atoms with van der Waals surface area (Å²) < 4.78 is 0. The highest BCUT2D eigenvalue weighted by molar-refractivity contribution is 5.88. The molecule has 0 saturated heterocycles. The second-order valence-corrected chi connectivity index (χ2v) is 22.6. The molecular weight excluding hydrogens is 905 g/mol. The van der Waals surface area contributed by atoms with Gasteiger partial charge in [-0.3, -0.25) is 19.2 Å². The van der Waals surface area contributed by atoms with Crippen molar-refractivity contribution in [3.8, 4) is 0 Å². The molecule has 0 rings (SSSR count). The molecule has 0 aliphatic carbocycles. The fourth-order valence-corrected chi connectivity index (χ4v) is 10.7. The van der Waals surface area contributed by atoms with Crippen LogP contribution in [0.15, 0.2) is 0 Å². The Balaban J connectivity index is 5.01. The summed E-state index contributed by atoms with van der Waals surface area (Å²) in [4.78, 5) is 64.1. The van der Waals surface area contributed by atoms with E-state index < -0.39 is 12.1 Å². The van der Waals surface area contributed by atoms with Crippen molar-refractivity contribution in [2.24, 2.45) is 11.8 Å². The van der Waals surface area contributed by atoms with Gasteiger partial charge in [-0.15, -0.1) is 0 Å². The third-order valence-corrected chi connectivity index (χ3v) is 15.6. The Kier molecular flexibility index (Phi) is 49.1. The van der Waals surface area contributed by atoms with E-state index in [0.717, 1.165) is 110 Å². The summed E-state index contributed by atoms with van der Waals surface area (Å²) in [6.07, 6.45) is 40.8. The Bertz CT molecular complexity index is 1180. The van der Waals surface area contributed by atoms with Crippen LogP contribution in [0.4, 0.5) is 0 Å². The number of amides is 4. The first-order valence-corrected chi connectivity index (χ1v) is 32.0. The maximum absolute atomic E-state index is 13.9. The molecule has 0 aliphatic heterocycles. The Morgan fingerprint density at radius 3 is 0.808 bits per heavy atom. The van der Waals surface area contributed by atoms with E-state index in [0.29, 0.717) is 39.0 Å². The minimum absolute atomic E-state index is 0.0242. The van der Waals surface area contributed by atoms with Gasteiger partial charge in [0.25, 0.3) is 0 Å². The minimum Gasteiger partial charge on any atom is -0.354 e. The number of nitrogens with one attached hydrogen (secondary N) is 2. The highest BCUT2D eigenvalue weighted by atomic mass is 16.2. The summed E-state index contributed by atoms with van der Waals surface area (Å²) in [5.41, 5.74) is 0. The van der Waals surface area contributed by atoms with Crippen molar-refractivity contribution >= 4 is 23.6 Å². The lowest BCUT2D eigenvalue weighted by atomic mass is 9.99. The molecule has 73 heavy (non-hydrogen) atoms. The molecule has 0 spiro atoms. The van der Waals surface area contributed by atoms with Crippen LogP contribution in [0.25, 0.3) is 0 Å². The van der Waals surface area contributed by atoms with Crippen molar-refractivity contribution < 1.29 is 19.2 Å². The van der Waals surface area contributed by atoms with Gasteiger partial charge in [-0.25, -0.2) is 0 Å². The van der Waals surface area contributed by atoms with Gasteiger partial charge in [0.05, 0.1) is 0 Å². The summed E-state index contributed by atoms with van der Waals surface area (Å²) in [5, 5.41) is 6.45. The van der Waals surface area contributed by atoms with Crippen LogP contribution in [0, 0.1) is 11.8 Å². The molecule has 0 bridgehead atoms. The van der Waals surface area contributed by atoms with E-state index in [1.807, 2.05) is 9.80 Å². The fourth-order valence-electron chi connectivity index (χ4n) is 10.7. The molecule has 0 aliphatic rings. The van der Waals surface area contributed by atoms with E-state index in [-0.39, 0.29) is 35.5 Å². The smallest absolute Gasteiger partial charge is 0.243 e. The Labute approximate surface area is 454 Å². The molecule has 4 amide bonds. The number of nitrogens with zero attached hydrogens (tertiary/aromatic N) is 4. The average molecular weight is 1030 g/mol. The number of rotatable bonds is 54. The van der Waals surface area contributed by atoms with Crippen LogP contribution in [0.5, 0.6) is 0 Å². The summed E-state index contributed by atoms with van der Waals surface area (Å²) >= 11 is 0. The molecule has 2 atom stereocenters. The van der Waals surface area contributed by atoms with Crippen LogP contribution in [-0.2, 0) is 19.2 Å². The van der Waals surface area contributed by atoms with Gasteiger partial charge in [0.2, 0.25) is 23.6 Å². The largest absolute Gasteiger partial charge is 0.354 e. The zero-order valence-corrected chi connectivity index (χ0v) is 50.6. The van der Waals surface area contributed by atoms with Crippen LogP contribution in [0.1, 0.15) is 294 Å². The highest BCUT2D eigenvalue weighted by Gasteiger charge is 2.33. The maximum atomic E-state index is 13.9. The maximum Gasteiger partial charge on any atom is 0.243 e. The molecule has 2 N–H and O–H groups in total. The van der Waals surface area contributed by atoms with Crippen molar-refractivity contribution in [3.05, 3.63) is 0 Å². The zero-order valence-electron chi connectivity index (χ0n) is 50.6. The van der Waals surface area contributed by atoms with E-state index in [1.165, 1.54) is 141 Å². The van der Waals surface area contributed by atoms with Gasteiger partial charge >= 0.3 is 0 Å². The number of hydrogen-bond donors (Lipinski definition) is 2. The van der Waals surface area contributed by atoms with E-state index in [2.05, 4.69) is 89.7 Å². The molecule has 10 heteroatoms. The molecule has 2 unspecified atom stereocenters. The van der Waals surface area contributed by atoms with Gasteiger partial charge in [-0.1, -0.05) is 243 Å². The number of hydrogen-bond acceptors (Lipinski definition) is 6. The van der Waals surface area contributed by atoms with E-state index in [9.17, 15) is 19.2 Å². The predicted molar refractivity (Wildman–Crippen MR) is 315 cm³/mol. The molecule has 432 valence electrons. The summed E-state index contributed by atoms with van der Waals surface area (Å²) in [5.74, 6) is 0.256. The standard InChI is InChI=1S/C63H126N6O4/c1-11-17-19-21-23-25-27-29-31-33-35-38-42-48-58(70)68(54-46-52-66(13-3)14-4)60(56(7)8)62(72)64-50-44-40-37-41-45-51-65-63(73)61(57(9)10)69(55-47-53-67(15-5)16-6)59(71)49-43-39-36-34-32-30-28-26-24-22-20-18-12-2/h56-57,60-61H,11-55H2,1-10H3,(H,64,72)(H,65,73). The van der Waals surface area contributed by atoms with Crippen LogP contribution in [-0.4, -0.2) is 121 Å². The van der Waals surface area contributed by atoms with Gasteiger partial charge in [-0.2, -0.15) is 0 Å². The van der Waals surface area contributed by atoms with E-state index >= 15 is 0 Å². The predicted octanol–water partition coefficient (Wildman–Crippen LogP) is 15.3. The molecular formula is C63H126N6O4. The first-order valence-electron chi connectivity index (χ1n) is 32.0. The molecule has 0 aromatic heterocycles. The first kappa shape index (κ1) is 70.8. The molecule has 0 heterocycles. The van der Waals surface area contributed by atoms with Crippen molar-refractivity contribution in [2.75, 3.05) is 65.4 Å². The second-order valence-electron chi connectivity index (χ2n) is 22.6. The Hall–Kier alpha value is -2.20. The SMILES string of the molecule is CCCCCCCCCCCCCCCC(=O)N(CCCN(CC)CC)C(C(=O)NCCCCCCCNC(=O)C(C(C)C)N(CCCN(CC)CC)C(=O)CCCCCCCCCCCCCCC)C(C)C. The normalized spacial score (nSPS) is 12.6. The Morgan fingerprint density at radius 2 is 0.562 bits per heavy atom. The molecule has 10 nitrogen and oxygen atoms in total. The highest BCUT2D eigenvalue weighted by Crippen LogP contribution is 2.20. The zero-order chi connectivity index (χ0) is 54.2. The van der Waals surface area contributed by atoms with Gasteiger partial charge < -0.3 is 30.2 Å². The number of carbonyl (C=O) groups excluding carboxylic acids is 4. The third kappa shape index (κ3) is 38.1. The first-order chi connectivity index (χ1) is 35.4. The summed E-state index contributed by atoms with van der Waals surface area (Å²) in [6.45, 7) is 29.8. The molecule has 0 radical (unpaired) electrons. The van der Waals surface area contributed by atoms with Crippen LogP contribution in [0.3, 0.4) is 0 Å². The van der Waals surface area contributed by atoms with Crippen LogP contribution >= 0.6 is 0 Å². The van der Waals surface area contributed by atoms with Crippen LogP contribution < -0.4 is 10.6 Å². The molecule has 0 aromatic rings. The number of carbonyl (C=O) groups is 4. The van der Waals surface area contributed by atoms with Crippen molar-refractivity contribution in [1.29, 1.82) is 0 Å². The van der Waals surface area contributed by atoms with Crippen molar-refractivity contribution in [1.82, 2.24) is 30.2 Å². The van der Waals surface area contributed by atoms with Crippen molar-refractivity contribution in [3.63, 3.8) is 0 Å². The average Bonchev–Trinajstić information content (AvgIpc) is 3.37. The van der Waals surface area contributed by atoms with E-state index in [1.54, 1.807) is 0 Å². The van der Waals surface area contributed by atoms with Gasteiger partial charge in [0.15, 0.2) is 0 Å². The Morgan fingerprint density at radius 1 is 0.315 bits per heavy atom. The lowest BCUT2D eigenvalue weighted by Gasteiger charge is -2.34. The van der Waals surface area contributed by atoms with Crippen molar-refractivity contribution in [2.45, 2.75) is 306 Å². The van der Waals surface area contributed by atoms with Crippen LogP contribution in [0.2, 0.25) is 0 Å². The van der Waals surface area contributed by atoms with Gasteiger partial charge in [-0.05, 0) is 89.6 Å². The quantitative estimate of drug-likeness (QED) is 0.0588.